The molecule has 2 aliphatic rings. The molecular weight excluding hydrogens is 1650 g/mol. The van der Waals surface area contributed by atoms with Crippen LogP contribution in [0, 0.1) is 0 Å². The first kappa shape index (κ1) is 91.5. The van der Waals surface area contributed by atoms with E-state index in [-0.39, 0.29) is 55.4 Å². The summed E-state index contributed by atoms with van der Waals surface area (Å²) in [5, 5.41) is 4.96. The Morgan fingerprint density at radius 3 is 0.635 bits per heavy atom. The molecule has 0 radical (unpaired) electrons. The van der Waals surface area contributed by atoms with Crippen LogP contribution in [0.15, 0.2) is 328 Å². The van der Waals surface area contributed by atoms with Gasteiger partial charge in [0, 0.05) is 67.0 Å². The van der Waals surface area contributed by atoms with E-state index in [2.05, 4.69) is 533 Å². The summed E-state index contributed by atoms with van der Waals surface area (Å²) in [4.78, 5) is 5.34. The zero-order valence-corrected chi connectivity index (χ0v) is 86.0. The van der Waals surface area contributed by atoms with Gasteiger partial charge in [-0.3, -0.25) is 0 Å². The fourth-order valence-corrected chi connectivity index (χ4v) is 21.4. The molecule has 4 nitrogen and oxygen atoms in total. The van der Waals surface area contributed by atoms with Gasteiger partial charge in [0.1, 0.15) is 0 Å². The molecule has 0 N–H and O–H groups in total. The zero-order chi connectivity index (χ0) is 96.8. The van der Waals surface area contributed by atoms with Crippen molar-refractivity contribution < 1.29 is 0 Å². The smallest absolute Gasteiger partial charge is 0.252 e. The molecule has 2 aliphatic heterocycles. The van der Waals surface area contributed by atoms with Crippen molar-refractivity contribution in [3.05, 3.63) is 378 Å². The van der Waals surface area contributed by atoms with E-state index in [9.17, 15) is 0 Å². The Kier molecular flexibility index (Phi) is 21.9. The van der Waals surface area contributed by atoms with Gasteiger partial charge < -0.3 is 18.9 Å². The maximum atomic E-state index is 2.67. The summed E-state index contributed by atoms with van der Waals surface area (Å²) < 4.78 is 5.21. The highest BCUT2D eigenvalue weighted by Crippen LogP contribution is 2.53. The normalized spacial score (nSPS) is 13.5. The predicted octanol–water partition coefficient (Wildman–Crippen LogP) is 35.3. The van der Waals surface area contributed by atoms with Crippen LogP contribution >= 0.6 is 0 Å². The van der Waals surface area contributed by atoms with E-state index in [1.54, 1.807) is 0 Å². The number of anilines is 6. The number of nitrogens with zero attached hydrogens (tertiary/aromatic N) is 4. The number of hydrogen-bond acceptors (Lipinski definition) is 2. The molecule has 0 aliphatic carbocycles. The van der Waals surface area contributed by atoms with Crippen LogP contribution < -0.4 is 26.2 Å². The van der Waals surface area contributed by atoms with Crippen LogP contribution in [-0.4, -0.2) is 15.8 Å². The Morgan fingerprint density at radius 1 is 0.175 bits per heavy atom. The highest BCUT2D eigenvalue weighted by Gasteiger charge is 2.45. The Bertz CT molecular complexity index is 7050. The van der Waals surface area contributed by atoms with Gasteiger partial charge in [-0.15, -0.1) is 0 Å². The van der Waals surface area contributed by atoms with Gasteiger partial charge in [-0.05, 0) is 278 Å². The standard InChI is InChI=1S/C132H135BN4/c1-124(2,3)90-48-34-82(35-49-90)89-74-119-123-120(75-89)135(100-64-46-88(47-65-100)122-105(85-40-54-93(55-41-85)127(10,11)12)32-29-33-106(122)86-42-56-94(57-43-86)128(13,14)15)118-81-102(137-115-78-97(131(22,23)24)60-70-109(115)110-71-61-98(79-116(110)137)132(25,26)27)67-73-112(118)133(123)111-72-66-101(136-113-76-95(129(16,17)18)58-68-107(113)108-69-59-96(77-114(108)136)130(19,20)21)80-117(111)134(119)99-62-44-87(45-63-99)121-103(83-36-50-91(51-37-83)125(4,5)6)30-28-31-104(121)84-38-52-92(53-39-84)126(7,8)9/h28-81H,1-27H3. The minimum absolute atomic E-state index is 0.00911. The second-order valence-corrected chi connectivity index (χ2v) is 48.8. The summed E-state index contributed by atoms with van der Waals surface area (Å²) in [6.45, 7) is 62.6. The Hall–Kier alpha value is -13.2. The second kappa shape index (κ2) is 32.8. The molecule has 0 fully saturated rings. The predicted molar refractivity (Wildman–Crippen MR) is 595 cm³/mol. The fraction of sp³-hybridized carbons (Fsp3) is 0.273. The van der Waals surface area contributed by atoms with E-state index in [1.165, 1.54) is 166 Å². The third kappa shape index (κ3) is 16.6. The van der Waals surface area contributed by atoms with Crippen LogP contribution in [0.4, 0.5) is 34.1 Å². The molecule has 0 saturated carbocycles. The van der Waals surface area contributed by atoms with Gasteiger partial charge in [0.05, 0.1) is 22.1 Å². The van der Waals surface area contributed by atoms with Crippen molar-refractivity contribution in [2.24, 2.45) is 0 Å². The molecular formula is C132H135BN4. The first-order chi connectivity index (χ1) is 64.6. The third-order valence-electron chi connectivity index (χ3n) is 29.8. The molecule has 20 rings (SSSR count). The molecule has 18 aromatic rings. The molecule has 16 aromatic carbocycles. The van der Waals surface area contributed by atoms with Gasteiger partial charge in [0.2, 0.25) is 0 Å². The van der Waals surface area contributed by atoms with Crippen molar-refractivity contribution in [2.75, 3.05) is 9.80 Å². The molecule has 4 heterocycles. The molecule has 686 valence electrons. The topological polar surface area (TPSA) is 16.3 Å². The highest BCUT2D eigenvalue weighted by molar-refractivity contribution is 7.00. The lowest BCUT2D eigenvalue weighted by molar-refractivity contribution is 0.590. The van der Waals surface area contributed by atoms with E-state index >= 15 is 0 Å². The summed E-state index contributed by atoms with van der Waals surface area (Å²) in [5.41, 5.74) is 44.9. The van der Waals surface area contributed by atoms with Gasteiger partial charge in [-0.2, -0.15) is 0 Å². The van der Waals surface area contributed by atoms with Crippen molar-refractivity contribution in [2.45, 2.75) is 236 Å². The lowest BCUT2D eigenvalue weighted by Crippen LogP contribution is -2.61. The van der Waals surface area contributed by atoms with Crippen molar-refractivity contribution >= 4 is 101 Å². The second-order valence-electron chi connectivity index (χ2n) is 48.8. The van der Waals surface area contributed by atoms with Crippen LogP contribution in [0.2, 0.25) is 0 Å². The summed E-state index contributed by atoms with van der Waals surface area (Å²) in [7, 11) is 0. The quantitative estimate of drug-likeness (QED) is 0.120. The fourth-order valence-electron chi connectivity index (χ4n) is 21.4. The SMILES string of the molecule is CC(C)(C)c1ccc(-c2cc3c4c(c2)N(c2ccc(-c5c(-c6ccc(C(C)(C)C)cc6)cccc5-c5ccc(C(C)(C)C)cc5)cc2)c2cc(-n5c6cc(C(C)(C)C)ccc6c6ccc(C(C)(C)C)cc65)ccc2B4c2ccc(-n4c5cc(C(C)(C)C)ccc5c5ccc(C(C)(C)C)cc54)cc2N3c2ccc(-c3c(-c4ccc(C(C)(C)C)cc4)cccc3-c3ccc(C(C)(C)C)cc3)cc2)cc1. The summed E-state index contributed by atoms with van der Waals surface area (Å²) in [5.74, 6) is 0. The van der Waals surface area contributed by atoms with Crippen molar-refractivity contribution in [3.8, 4) is 89.3 Å². The average molecular weight is 1790 g/mol. The van der Waals surface area contributed by atoms with Gasteiger partial charge in [0.15, 0.2) is 0 Å². The van der Waals surface area contributed by atoms with Crippen LogP contribution in [0.3, 0.4) is 0 Å². The van der Waals surface area contributed by atoms with E-state index in [4.69, 9.17) is 0 Å². The molecule has 2 aromatic heterocycles. The molecule has 5 heteroatoms. The van der Waals surface area contributed by atoms with Crippen LogP contribution in [0.5, 0.6) is 0 Å². The Labute approximate surface area is 816 Å². The number of aromatic nitrogens is 2. The zero-order valence-electron chi connectivity index (χ0n) is 86.0. The molecule has 0 saturated heterocycles. The first-order valence-electron chi connectivity index (χ1n) is 49.9. The molecule has 137 heavy (non-hydrogen) atoms. The summed E-state index contributed by atoms with van der Waals surface area (Å²) in [6.07, 6.45) is 0. The lowest BCUT2D eigenvalue weighted by atomic mass is 9.33. The first-order valence-corrected chi connectivity index (χ1v) is 49.9. The van der Waals surface area contributed by atoms with Crippen molar-refractivity contribution in [1.82, 2.24) is 9.13 Å². The van der Waals surface area contributed by atoms with E-state index in [1.807, 2.05) is 0 Å². The van der Waals surface area contributed by atoms with Crippen molar-refractivity contribution in [1.29, 1.82) is 0 Å². The number of hydrogen-bond donors (Lipinski definition) is 0. The number of fused-ring (bicyclic) bond motifs is 10. The Morgan fingerprint density at radius 2 is 0.394 bits per heavy atom. The highest BCUT2D eigenvalue weighted by atomic mass is 15.2. The van der Waals surface area contributed by atoms with Crippen LogP contribution in [0.25, 0.3) is 133 Å². The van der Waals surface area contributed by atoms with Crippen LogP contribution in [-0.2, 0) is 48.7 Å². The molecule has 0 amide bonds. The van der Waals surface area contributed by atoms with E-state index < -0.39 is 0 Å². The minimum atomic E-state index is -0.264. The maximum absolute atomic E-state index is 2.67. The van der Waals surface area contributed by atoms with E-state index in [0.29, 0.717) is 0 Å². The monoisotopic (exact) mass is 1790 g/mol. The maximum Gasteiger partial charge on any atom is 0.252 e. The number of benzene rings is 16. The molecule has 0 unspecified atom stereocenters. The van der Waals surface area contributed by atoms with Gasteiger partial charge in [0.25, 0.3) is 6.71 Å². The largest absolute Gasteiger partial charge is 0.311 e. The van der Waals surface area contributed by atoms with Crippen molar-refractivity contribution in [3.63, 3.8) is 0 Å². The van der Waals surface area contributed by atoms with E-state index in [0.717, 1.165) is 67.8 Å². The number of rotatable bonds is 11. The minimum Gasteiger partial charge on any atom is -0.311 e. The average Bonchev–Trinajstić information content (AvgIpc) is 1.32. The molecule has 0 spiro atoms. The van der Waals surface area contributed by atoms with Gasteiger partial charge >= 0.3 is 0 Å². The lowest BCUT2D eigenvalue weighted by Gasteiger charge is -2.44. The summed E-state index contributed by atoms with van der Waals surface area (Å²) in [6, 6.07) is 130. The molecule has 0 atom stereocenters. The van der Waals surface area contributed by atoms with Gasteiger partial charge in [-0.1, -0.05) is 430 Å². The summed E-state index contributed by atoms with van der Waals surface area (Å²) >= 11 is 0. The Balaban J connectivity index is 0.890. The van der Waals surface area contributed by atoms with Gasteiger partial charge in [-0.25, -0.2) is 0 Å². The third-order valence-corrected chi connectivity index (χ3v) is 29.8. The molecule has 0 bridgehead atoms. The van der Waals surface area contributed by atoms with Crippen LogP contribution in [0.1, 0.15) is 237 Å².